The maximum absolute atomic E-state index is 12.1. The molecule has 3 N–H and O–H groups in total. The molecule has 0 heterocycles. The second kappa shape index (κ2) is 7.75. The number of primary amides is 1. The molecule has 1 unspecified atom stereocenters. The van der Waals surface area contributed by atoms with E-state index in [-0.39, 0.29) is 5.91 Å². The van der Waals surface area contributed by atoms with Gasteiger partial charge in [-0.1, -0.05) is 23.8 Å². The molecule has 0 spiro atoms. The van der Waals surface area contributed by atoms with E-state index >= 15 is 0 Å². The molecule has 0 fully saturated rings. The number of benzene rings is 1. The fourth-order valence-electron chi connectivity index (χ4n) is 1.42. The van der Waals surface area contributed by atoms with E-state index in [1.54, 1.807) is 30.8 Å². The number of nitrogens with one attached hydrogen (secondary N) is 1. The number of allylic oxidation sites excluding steroid dienone is 1. The van der Waals surface area contributed by atoms with Gasteiger partial charge in [-0.05, 0) is 32.9 Å². The summed E-state index contributed by atoms with van der Waals surface area (Å²) >= 11 is 1.59. The molecule has 1 aromatic carbocycles. The van der Waals surface area contributed by atoms with Crippen molar-refractivity contribution >= 4 is 23.6 Å². The number of rotatable bonds is 6. The van der Waals surface area contributed by atoms with E-state index in [0.29, 0.717) is 5.56 Å². The van der Waals surface area contributed by atoms with Crippen LogP contribution in [0.2, 0.25) is 0 Å². The number of nitrogens with two attached hydrogens (primary N) is 1. The topological polar surface area (TPSA) is 72.2 Å². The molecular weight excluding hydrogens is 272 g/mol. The normalized spacial score (nSPS) is 11.6. The molecule has 2 amide bonds. The summed E-state index contributed by atoms with van der Waals surface area (Å²) < 4.78 is 0. The maximum atomic E-state index is 12.1. The summed E-state index contributed by atoms with van der Waals surface area (Å²) in [6.45, 7) is 5.64. The Bertz CT molecular complexity index is 522. The van der Waals surface area contributed by atoms with Crippen molar-refractivity contribution in [3.63, 3.8) is 0 Å². The molecule has 0 radical (unpaired) electrons. The van der Waals surface area contributed by atoms with Crippen molar-refractivity contribution in [2.24, 2.45) is 5.73 Å². The first-order chi connectivity index (χ1) is 9.41. The first-order valence-electron chi connectivity index (χ1n) is 6.37. The van der Waals surface area contributed by atoms with Crippen molar-refractivity contribution in [2.75, 3.05) is 5.75 Å². The number of carbonyl (C=O) groups is 2. The van der Waals surface area contributed by atoms with Gasteiger partial charge < -0.3 is 11.1 Å². The highest BCUT2D eigenvalue weighted by atomic mass is 32.2. The Morgan fingerprint density at radius 1 is 1.35 bits per heavy atom. The molecule has 1 atom stereocenters. The van der Waals surface area contributed by atoms with Gasteiger partial charge in [0.25, 0.3) is 5.91 Å². The largest absolute Gasteiger partial charge is 0.368 e. The fraction of sp³-hybridized carbons (Fsp3) is 0.333. The highest BCUT2D eigenvalue weighted by Crippen LogP contribution is 2.23. The van der Waals surface area contributed by atoms with E-state index in [1.807, 2.05) is 26.0 Å². The maximum Gasteiger partial charge on any atom is 0.253 e. The Morgan fingerprint density at radius 2 is 2.00 bits per heavy atom. The first-order valence-corrected chi connectivity index (χ1v) is 7.35. The molecule has 0 aliphatic heterocycles. The third kappa shape index (κ3) is 5.09. The van der Waals surface area contributed by atoms with Crippen molar-refractivity contribution in [1.29, 1.82) is 0 Å². The van der Waals surface area contributed by atoms with E-state index in [9.17, 15) is 9.59 Å². The van der Waals surface area contributed by atoms with E-state index in [1.165, 1.54) is 5.57 Å². The molecule has 5 heteroatoms. The number of hydrogen-bond donors (Lipinski definition) is 2. The number of hydrogen-bond acceptors (Lipinski definition) is 3. The second-order valence-electron chi connectivity index (χ2n) is 4.69. The van der Waals surface area contributed by atoms with Gasteiger partial charge in [0.05, 0.1) is 5.56 Å². The molecule has 4 nitrogen and oxygen atoms in total. The zero-order valence-electron chi connectivity index (χ0n) is 12.0. The van der Waals surface area contributed by atoms with Crippen molar-refractivity contribution in [2.45, 2.75) is 31.7 Å². The van der Waals surface area contributed by atoms with Crippen LogP contribution < -0.4 is 11.1 Å². The third-order valence-electron chi connectivity index (χ3n) is 2.64. The molecule has 108 valence electrons. The number of amides is 2. The molecule has 1 aromatic rings. The van der Waals surface area contributed by atoms with Gasteiger partial charge in [-0.25, -0.2) is 0 Å². The average molecular weight is 292 g/mol. The molecule has 0 bridgehead atoms. The van der Waals surface area contributed by atoms with Crippen LogP contribution >= 0.6 is 11.8 Å². The Labute approximate surface area is 123 Å². The van der Waals surface area contributed by atoms with Crippen molar-refractivity contribution in [3.05, 3.63) is 41.5 Å². The fourth-order valence-corrected chi connectivity index (χ4v) is 2.51. The van der Waals surface area contributed by atoms with Gasteiger partial charge in [0, 0.05) is 10.6 Å². The zero-order valence-corrected chi connectivity index (χ0v) is 12.8. The summed E-state index contributed by atoms with van der Waals surface area (Å²) in [6, 6.07) is 6.65. The molecule has 0 aliphatic rings. The lowest BCUT2D eigenvalue weighted by atomic mass is 10.2. The predicted molar refractivity (Wildman–Crippen MR) is 82.7 cm³/mol. The molecule has 20 heavy (non-hydrogen) atoms. The summed E-state index contributed by atoms with van der Waals surface area (Å²) in [5.74, 6) is -0.0255. The molecule has 1 rings (SSSR count). The molecular formula is C15H20N2O2S. The second-order valence-corrected chi connectivity index (χ2v) is 5.75. The summed E-state index contributed by atoms with van der Waals surface area (Å²) in [6.07, 6.45) is 2.10. The molecule has 0 saturated carbocycles. The minimum Gasteiger partial charge on any atom is -0.368 e. The number of thioether (sulfide) groups is 1. The van der Waals surface area contributed by atoms with Gasteiger partial charge in [-0.2, -0.15) is 0 Å². The van der Waals surface area contributed by atoms with Gasteiger partial charge in [-0.3, -0.25) is 9.59 Å². The van der Waals surface area contributed by atoms with E-state index in [0.717, 1.165) is 10.6 Å². The van der Waals surface area contributed by atoms with Crippen molar-refractivity contribution in [3.8, 4) is 0 Å². The Morgan fingerprint density at radius 3 is 2.60 bits per heavy atom. The monoisotopic (exact) mass is 292 g/mol. The quantitative estimate of drug-likeness (QED) is 0.624. The summed E-state index contributed by atoms with van der Waals surface area (Å²) in [4.78, 5) is 24.0. The van der Waals surface area contributed by atoms with Crippen LogP contribution in [0.5, 0.6) is 0 Å². The lowest BCUT2D eigenvalue weighted by molar-refractivity contribution is -0.119. The minimum absolute atomic E-state index is 0.281. The third-order valence-corrected chi connectivity index (χ3v) is 3.64. The average Bonchev–Trinajstić information content (AvgIpc) is 2.38. The van der Waals surface area contributed by atoms with Gasteiger partial charge in [-0.15, -0.1) is 11.8 Å². The van der Waals surface area contributed by atoms with E-state index < -0.39 is 11.9 Å². The van der Waals surface area contributed by atoms with Crippen LogP contribution in [0.15, 0.2) is 40.8 Å². The number of carbonyl (C=O) groups excluding carboxylic acids is 2. The highest BCUT2D eigenvalue weighted by Gasteiger charge is 2.16. The lowest BCUT2D eigenvalue weighted by Gasteiger charge is -2.12. The Hall–Kier alpha value is -1.75. The van der Waals surface area contributed by atoms with Crippen molar-refractivity contribution < 1.29 is 9.59 Å². The van der Waals surface area contributed by atoms with Crippen LogP contribution in [0.3, 0.4) is 0 Å². The highest BCUT2D eigenvalue weighted by molar-refractivity contribution is 7.99. The van der Waals surface area contributed by atoms with E-state index in [2.05, 4.69) is 11.4 Å². The van der Waals surface area contributed by atoms with E-state index in [4.69, 9.17) is 5.73 Å². The van der Waals surface area contributed by atoms with Crippen molar-refractivity contribution in [1.82, 2.24) is 5.32 Å². The van der Waals surface area contributed by atoms with Crippen LogP contribution in [0, 0.1) is 0 Å². The van der Waals surface area contributed by atoms with Gasteiger partial charge in [0.2, 0.25) is 5.91 Å². The smallest absolute Gasteiger partial charge is 0.253 e. The van der Waals surface area contributed by atoms with Crippen LogP contribution in [0.1, 0.15) is 31.1 Å². The van der Waals surface area contributed by atoms with Crippen LogP contribution in [-0.2, 0) is 4.79 Å². The molecule has 0 aromatic heterocycles. The predicted octanol–water partition coefficient (Wildman–Crippen LogP) is 2.35. The Kier molecular flexibility index (Phi) is 6.31. The van der Waals surface area contributed by atoms with Crippen LogP contribution in [0.4, 0.5) is 0 Å². The van der Waals surface area contributed by atoms with Crippen LogP contribution in [0.25, 0.3) is 0 Å². The van der Waals surface area contributed by atoms with Gasteiger partial charge in [0.15, 0.2) is 0 Å². The molecule has 0 aliphatic carbocycles. The zero-order chi connectivity index (χ0) is 15.1. The Balaban J connectivity index is 2.81. The SMILES string of the molecule is CC(C)=CCSc1ccccc1C(=O)NC(C)C(N)=O. The summed E-state index contributed by atoms with van der Waals surface area (Å²) in [5.41, 5.74) is 6.95. The molecule has 0 saturated heterocycles. The summed E-state index contributed by atoms with van der Waals surface area (Å²) in [5, 5.41) is 2.59. The summed E-state index contributed by atoms with van der Waals surface area (Å²) in [7, 11) is 0. The van der Waals surface area contributed by atoms with Crippen LogP contribution in [-0.4, -0.2) is 23.6 Å². The lowest BCUT2D eigenvalue weighted by Crippen LogP contribution is -2.42. The van der Waals surface area contributed by atoms with Gasteiger partial charge >= 0.3 is 0 Å². The first kappa shape index (κ1) is 16.3. The van der Waals surface area contributed by atoms with Gasteiger partial charge in [0.1, 0.15) is 6.04 Å². The standard InChI is InChI=1S/C15H20N2O2S/c1-10(2)8-9-20-13-7-5-4-6-12(13)15(19)17-11(3)14(16)18/h4-8,11H,9H2,1-3H3,(H2,16,18)(H,17,19). The minimum atomic E-state index is -0.682.